The van der Waals surface area contributed by atoms with Crippen LogP contribution < -0.4 is 5.32 Å². The summed E-state index contributed by atoms with van der Waals surface area (Å²) in [5, 5.41) is 13.0. The average Bonchev–Trinajstić information content (AvgIpc) is 2.43. The highest BCUT2D eigenvalue weighted by atomic mass is 35.5. The van der Waals surface area contributed by atoms with E-state index in [9.17, 15) is 9.90 Å². The molecule has 0 radical (unpaired) electrons. The Morgan fingerprint density at radius 2 is 2.05 bits per heavy atom. The Kier molecular flexibility index (Phi) is 4.30. The maximum atomic E-state index is 12.3. The highest BCUT2D eigenvalue weighted by molar-refractivity contribution is 6.31. The van der Waals surface area contributed by atoms with E-state index in [2.05, 4.69) is 5.32 Å². The van der Waals surface area contributed by atoms with Crippen molar-refractivity contribution >= 4 is 23.2 Å². The van der Waals surface area contributed by atoms with E-state index in [0.717, 1.165) is 23.2 Å². The number of anilines is 1. The van der Waals surface area contributed by atoms with Crippen molar-refractivity contribution in [2.75, 3.05) is 5.32 Å². The van der Waals surface area contributed by atoms with Gasteiger partial charge in [0, 0.05) is 10.7 Å². The van der Waals surface area contributed by atoms with Crippen molar-refractivity contribution in [2.45, 2.75) is 20.3 Å². The molecule has 2 rings (SSSR count). The Bertz CT molecular complexity index is 653. The van der Waals surface area contributed by atoms with Crippen molar-refractivity contribution in [3.8, 4) is 5.75 Å². The maximum Gasteiger partial charge on any atom is 0.259 e. The lowest BCUT2D eigenvalue weighted by Crippen LogP contribution is -2.14. The van der Waals surface area contributed by atoms with Crippen LogP contribution in [0.15, 0.2) is 36.4 Å². The Hall–Kier alpha value is -2.00. The molecule has 2 N–H and O–H groups in total. The van der Waals surface area contributed by atoms with Gasteiger partial charge in [-0.1, -0.05) is 36.7 Å². The number of aromatic hydroxyl groups is 1. The van der Waals surface area contributed by atoms with Crippen LogP contribution in [0.1, 0.15) is 28.4 Å². The van der Waals surface area contributed by atoms with Gasteiger partial charge in [-0.3, -0.25) is 4.79 Å². The number of carbonyl (C=O) groups excluding carboxylic acids is 1. The third-order valence-corrected chi connectivity index (χ3v) is 3.42. The van der Waals surface area contributed by atoms with Crippen molar-refractivity contribution < 1.29 is 9.90 Å². The summed E-state index contributed by atoms with van der Waals surface area (Å²) in [7, 11) is 0. The predicted molar refractivity (Wildman–Crippen MR) is 81.6 cm³/mol. The summed E-state index contributed by atoms with van der Waals surface area (Å²) in [5.41, 5.74) is 3.00. The number of phenols is 1. The van der Waals surface area contributed by atoms with Crippen molar-refractivity contribution in [1.82, 2.24) is 0 Å². The van der Waals surface area contributed by atoms with Crippen molar-refractivity contribution in [1.29, 1.82) is 0 Å². The van der Waals surface area contributed by atoms with E-state index < -0.39 is 0 Å². The van der Waals surface area contributed by atoms with Crippen molar-refractivity contribution in [3.05, 3.63) is 58.1 Å². The van der Waals surface area contributed by atoms with Crippen molar-refractivity contribution in [2.24, 2.45) is 0 Å². The second-order valence-corrected chi connectivity index (χ2v) is 5.01. The molecule has 2 aromatic carbocycles. The van der Waals surface area contributed by atoms with Gasteiger partial charge in [0.2, 0.25) is 0 Å². The molecule has 0 heterocycles. The first-order valence-electron chi connectivity index (χ1n) is 6.41. The number of amides is 1. The van der Waals surface area contributed by atoms with Gasteiger partial charge in [0.05, 0.1) is 5.56 Å². The molecule has 0 aromatic heterocycles. The number of hydrogen-bond donors (Lipinski definition) is 2. The number of nitrogens with one attached hydrogen (secondary N) is 1. The summed E-state index contributed by atoms with van der Waals surface area (Å²) < 4.78 is 0. The average molecular weight is 290 g/mol. The minimum atomic E-state index is -0.367. The Balaban J connectivity index is 2.35. The molecule has 0 aliphatic carbocycles. The maximum absolute atomic E-state index is 12.3. The van der Waals surface area contributed by atoms with E-state index in [-0.39, 0.29) is 17.2 Å². The predicted octanol–water partition coefficient (Wildman–Crippen LogP) is 4.17. The molecule has 104 valence electrons. The monoisotopic (exact) mass is 289 g/mol. The van der Waals surface area contributed by atoms with Gasteiger partial charge in [0.1, 0.15) is 5.75 Å². The zero-order chi connectivity index (χ0) is 14.7. The number of hydrogen-bond acceptors (Lipinski definition) is 2. The molecule has 2 aromatic rings. The van der Waals surface area contributed by atoms with Gasteiger partial charge in [-0.05, 0) is 42.7 Å². The van der Waals surface area contributed by atoms with E-state index in [4.69, 9.17) is 11.6 Å². The first kappa shape index (κ1) is 14.4. The molecule has 0 fully saturated rings. The molecular formula is C16H16ClNO2. The first-order valence-corrected chi connectivity index (χ1v) is 6.79. The van der Waals surface area contributed by atoms with E-state index in [1.54, 1.807) is 6.07 Å². The zero-order valence-corrected chi connectivity index (χ0v) is 12.2. The largest absolute Gasteiger partial charge is 0.507 e. The Morgan fingerprint density at radius 3 is 2.75 bits per heavy atom. The van der Waals surface area contributed by atoms with E-state index >= 15 is 0 Å². The second kappa shape index (κ2) is 5.97. The zero-order valence-electron chi connectivity index (χ0n) is 11.4. The number of benzene rings is 2. The molecule has 0 aliphatic heterocycles. The summed E-state index contributed by atoms with van der Waals surface area (Å²) in [5.74, 6) is -0.451. The van der Waals surface area contributed by atoms with Gasteiger partial charge < -0.3 is 10.4 Å². The normalized spacial score (nSPS) is 10.3. The number of para-hydroxylation sites is 1. The number of halogens is 1. The van der Waals surface area contributed by atoms with Gasteiger partial charge >= 0.3 is 0 Å². The van der Waals surface area contributed by atoms with Crippen LogP contribution in [-0.4, -0.2) is 11.0 Å². The van der Waals surface area contributed by atoms with E-state index in [1.807, 2.05) is 32.0 Å². The van der Waals surface area contributed by atoms with Gasteiger partial charge in [-0.15, -0.1) is 0 Å². The van der Waals surface area contributed by atoms with Crippen LogP contribution in [-0.2, 0) is 6.42 Å². The van der Waals surface area contributed by atoms with Crippen LogP contribution in [0.2, 0.25) is 5.02 Å². The van der Waals surface area contributed by atoms with Gasteiger partial charge in [-0.2, -0.15) is 0 Å². The highest BCUT2D eigenvalue weighted by Crippen LogP contribution is 2.25. The molecule has 20 heavy (non-hydrogen) atoms. The molecule has 0 spiro atoms. The minimum Gasteiger partial charge on any atom is -0.507 e. The topological polar surface area (TPSA) is 49.3 Å². The minimum absolute atomic E-state index is 0.0847. The quantitative estimate of drug-likeness (QED) is 0.891. The van der Waals surface area contributed by atoms with Crippen LogP contribution >= 0.6 is 11.6 Å². The summed E-state index contributed by atoms with van der Waals surface area (Å²) in [4.78, 5) is 12.3. The van der Waals surface area contributed by atoms with Crippen LogP contribution in [0.25, 0.3) is 0 Å². The van der Waals surface area contributed by atoms with Gasteiger partial charge in [0.25, 0.3) is 5.91 Å². The second-order valence-electron chi connectivity index (χ2n) is 4.58. The smallest absolute Gasteiger partial charge is 0.259 e. The molecule has 0 atom stereocenters. The number of phenolic OH excluding ortho intramolecular Hbond substituents is 1. The molecule has 0 saturated heterocycles. The number of rotatable bonds is 3. The van der Waals surface area contributed by atoms with Crippen LogP contribution in [0.5, 0.6) is 5.75 Å². The fourth-order valence-electron chi connectivity index (χ4n) is 2.07. The Labute approximate surface area is 123 Å². The lowest BCUT2D eigenvalue weighted by molar-refractivity contribution is 0.102. The SMILES string of the molecule is CCc1cccc(C)c1NC(=O)c1cc(Cl)ccc1O. The third kappa shape index (κ3) is 2.94. The molecule has 0 saturated carbocycles. The molecule has 0 bridgehead atoms. The third-order valence-electron chi connectivity index (χ3n) is 3.18. The van der Waals surface area contributed by atoms with Crippen LogP contribution in [0.3, 0.4) is 0 Å². The fraction of sp³-hybridized carbons (Fsp3) is 0.188. The molecular weight excluding hydrogens is 274 g/mol. The fourth-order valence-corrected chi connectivity index (χ4v) is 2.25. The van der Waals surface area contributed by atoms with Gasteiger partial charge in [-0.25, -0.2) is 0 Å². The highest BCUT2D eigenvalue weighted by Gasteiger charge is 2.14. The number of carbonyl (C=O) groups is 1. The lowest BCUT2D eigenvalue weighted by Gasteiger charge is -2.13. The summed E-state index contributed by atoms with van der Waals surface area (Å²) in [6, 6.07) is 10.3. The number of aryl methyl sites for hydroxylation is 2. The summed E-state index contributed by atoms with van der Waals surface area (Å²) in [6.07, 6.45) is 0.818. The van der Waals surface area contributed by atoms with Crippen molar-refractivity contribution in [3.63, 3.8) is 0 Å². The summed E-state index contributed by atoms with van der Waals surface area (Å²) in [6.45, 7) is 3.97. The molecule has 0 aliphatic rings. The first-order chi connectivity index (χ1) is 9.52. The summed E-state index contributed by atoms with van der Waals surface area (Å²) >= 11 is 5.86. The van der Waals surface area contributed by atoms with E-state index in [0.29, 0.717) is 5.02 Å². The molecule has 4 heteroatoms. The van der Waals surface area contributed by atoms with Crippen LogP contribution in [0, 0.1) is 6.92 Å². The molecule has 1 amide bonds. The molecule has 3 nitrogen and oxygen atoms in total. The van der Waals surface area contributed by atoms with Crippen LogP contribution in [0.4, 0.5) is 5.69 Å². The lowest BCUT2D eigenvalue weighted by atomic mass is 10.1. The molecule has 0 unspecified atom stereocenters. The Morgan fingerprint density at radius 1 is 1.30 bits per heavy atom. The van der Waals surface area contributed by atoms with Gasteiger partial charge in [0.15, 0.2) is 0 Å². The van der Waals surface area contributed by atoms with E-state index in [1.165, 1.54) is 12.1 Å². The standard InChI is InChI=1S/C16H16ClNO2/c1-3-11-6-4-5-10(2)15(11)18-16(20)13-9-12(17)7-8-14(13)19/h4-9,19H,3H2,1-2H3,(H,18,20).